The number of benzene rings is 1. The lowest BCUT2D eigenvalue weighted by molar-refractivity contribution is 0.949. The third-order valence-corrected chi connectivity index (χ3v) is 4.35. The summed E-state index contributed by atoms with van der Waals surface area (Å²) in [4.78, 5) is 23.5. The average Bonchev–Trinajstić information content (AvgIpc) is 2.90. The van der Waals surface area contributed by atoms with Gasteiger partial charge in [0.15, 0.2) is 5.65 Å². The van der Waals surface area contributed by atoms with Crippen LogP contribution in [-0.2, 0) is 6.54 Å². The Morgan fingerprint density at radius 1 is 1.12 bits per heavy atom. The van der Waals surface area contributed by atoms with E-state index in [4.69, 9.17) is 0 Å². The van der Waals surface area contributed by atoms with Gasteiger partial charge in [-0.25, -0.2) is 9.50 Å². The van der Waals surface area contributed by atoms with Crippen molar-refractivity contribution in [2.75, 3.05) is 0 Å². The molecule has 0 saturated carbocycles. The molecule has 1 aromatic carbocycles. The van der Waals surface area contributed by atoms with E-state index in [1.807, 2.05) is 24.5 Å². The molecule has 1 N–H and O–H groups in total. The van der Waals surface area contributed by atoms with Gasteiger partial charge < -0.3 is 4.98 Å². The number of allylic oxidation sites excluding steroid dienone is 1. The summed E-state index contributed by atoms with van der Waals surface area (Å²) in [7, 11) is 0. The van der Waals surface area contributed by atoms with E-state index >= 15 is 0 Å². The van der Waals surface area contributed by atoms with Gasteiger partial charge in [-0.05, 0) is 23.3 Å². The summed E-state index contributed by atoms with van der Waals surface area (Å²) in [6, 6.07) is 11.4. The van der Waals surface area contributed by atoms with Crippen LogP contribution < -0.4 is 5.56 Å². The lowest BCUT2D eigenvalue weighted by atomic mass is 10.0. The van der Waals surface area contributed by atoms with Crippen molar-refractivity contribution >= 4 is 34.5 Å². The quantitative estimate of drug-likeness (QED) is 0.584. The molecule has 1 aliphatic rings. The van der Waals surface area contributed by atoms with Gasteiger partial charge in [0, 0.05) is 35.0 Å². The van der Waals surface area contributed by atoms with E-state index in [0.717, 1.165) is 22.1 Å². The molecule has 0 spiro atoms. The van der Waals surface area contributed by atoms with Crippen LogP contribution in [0.3, 0.4) is 0 Å². The SMILES string of the molecule is O=c1ccc2cn3ncc(C4=Cc5ccccc5CN=C4)c3nc2[nH]1. The Hall–Kier alpha value is -3.54. The number of aromatic amines is 1. The number of pyridine rings is 1. The van der Waals surface area contributed by atoms with Crippen LogP contribution >= 0.6 is 0 Å². The number of aliphatic imine (C=N–C) groups is 1. The fraction of sp³-hybridized carbons (Fsp3) is 0.0526. The predicted molar refractivity (Wildman–Crippen MR) is 97.6 cm³/mol. The summed E-state index contributed by atoms with van der Waals surface area (Å²) in [6.07, 6.45) is 7.60. The molecule has 4 heterocycles. The van der Waals surface area contributed by atoms with Gasteiger partial charge in [-0.2, -0.15) is 5.10 Å². The first-order valence-electron chi connectivity index (χ1n) is 7.95. The number of rotatable bonds is 1. The van der Waals surface area contributed by atoms with E-state index in [1.54, 1.807) is 16.8 Å². The van der Waals surface area contributed by atoms with Crippen LogP contribution in [0.4, 0.5) is 0 Å². The molecule has 1 aliphatic heterocycles. The zero-order valence-electron chi connectivity index (χ0n) is 13.2. The largest absolute Gasteiger partial charge is 0.306 e. The monoisotopic (exact) mass is 327 g/mol. The fourth-order valence-electron chi connectivity index (χ4n) is 3.09. The van der Waals surface area contributed by atoms with Crippen molar-refractivity contribution in [1.82, 2.24) is 19.6 Å². The Morgan fingerprint density at radius 3 is 3.00 bits per heavy atom. The Balaban J connectivity index is 1.75. The van der Waals surface area contributed by atoms with Crippen LogP contribution in [0.15, 0.2) is 58.6 Å². The van der Waals surface area contributed by atoms with Gasteiger partial charge in [0.25, 0.3) is 0 Å². The normalized spacial score (nSPS) is 13.7. The standard InChI is InChI=1S/C19H13N5O/c25-17-6-5-14-11-24-19(23-18(14)22-17)16(10-21-24)15-7-12-3-1-2-4-13(12)8-20-9-15/h1-7,9-11H,8H2,(H,22,23,25). The molecule has 0 bridgehead atoms. The van der Waals surface area contributed by atoms with Crippen molar-refractivity contribution in [1.29, 1.82) is 0 Å². The van der Waals surface area contributed by atoms with E-state index in [9.17, 15) is 4.79 Å². The van der Waals surface area contributed by atoms with Gasteiger partial charge in [-0.1, -0.05) is 24.3 Å². The number of nitrogens with zero attached hydrogens (tertiary/aromatic N) is 4. The summed E-state index contributed by atoms with van der Waals surface area (Å²) >= 11 is 0. The van der Waals surface area contributed by atoms with E-state index in [-0.39, 0.29) is 5.56 Å². The minimum absolute atomic E-state index is 0.172. The highest BCUT2D eigenvalue weighted by atomic mass is 16.1. The molecule has 5 rings (SSSR count). The smallest absolute Gasteiger partial charge is 0.249 e. The third-order valence-electron chi connectivity index (χ3n) is 4.35. The van der Waals surface area contributed by atoms with Crippen LogP contribution in [-0.4, -0.2) is 25.8 Å². The van der Waals surface area contributed by atoms with E-state index in [1.165, 1.54) is 11.6 Å². The summed E-state index contributed by atoms with van der Waals surface area (Å²) in [6.45, 7) is 0.652. The molecule has 0 radical (unpaired) electrons. The molecule has 0 saturated heterocycles. The Bertz CT molecular complexity index is 1250. The van der Waals surface area contributed by atoms with Crippen LogP contribution in [0.25, 0.3) is 28.3 Å². The molecular formula is C19H13N5O. The predicted octanol–water partition coefficient (Wildman–Crippen LogP) is 2.70. The molecule has 0 atom stereocenters. The number of aromatic nitrogens is 4. The highest BCUT2D eigenvalue weighted by Gasteiger charge is 2.13. The first-order chi connectivity index (χ1) is 12.3. The minimum Gasteiger partial charge on any atom is -0.306 e. The molecule has 25 heavy (non-hydrogen) atoms. The van der Waals surface area contributed by atoms with Gasteiger partial charge in [0.1, 0.15) is 5.65 Å². The van der Waals surface area contributed by atoms with Gasteiger partial charge in [-0.15, -0.1) is 0 Å². The Labute approximate surface area is 142 Å². The van der Waals surface area contributed by atoms with Crippen molar-refractivity contribution in [2.45, 2.75) is 6.54 Å². The van der Waals surface area contributed by atoms with Crippen LogP contribution in [0.1, 0.15) is 16.7 Å². The lowest BCUT2D eigenvalue weighted by Crippen LogP contribution is -2.05. The van der Waals surface area contributed by atoms with Crippen LogP contribution in [0.5, 0.6) is 0 Å². The second-order valence-electron chi connectivity index (χ2n) is 5.96. The van der Waals surface area contributed by atoms with Crippen molar-refractivity contribution in [3.05, 3.63) is 75.8 Å². The number of fused-ring (bicyclic) bond motifs is 3. The first kappa shape index (κ1) is 13.9. The van der Waals surface area contributed by atoms with Gasteiger partial charge in [0.2, 0.25) is 5.56 Å². The molecule has 0 fully saturated rings. The van der Waals surface area contributed by atoms with Crippen molar-refractivity contribution in [3.8, 4) is 0 Å². The van der Waals surface area contributed by atoms with Gasteiger partial charge in [0.05, 0.1) is 12.7 Å². The summed E-state index contributed by atoms with van der Waals surface area (Å²) < 4.78 is 1.72. The summed E-state index contributed by atoms with van der Waals surface area (Å²) in [5.41, 5.74) is 5.22. The highest BCUT2D eigenvalue weighted by molar-refractivity contribution is 6.18. The molecule has 0 amide bonds. The maximum absolute atomic E-state index is 11.6. The van der Waals surface area contributed by atoms with Crippen LogP contribution in [0.2, 0.25) is 0 Å². The molecule has 6 nitrogen and oxygen atoms in total. The zero-order chi connectivity index (χ0) is 16.8. The maximum Gasteiger partial charge on any atom is 0.249 e. The summed E-state index contributed by atoms with van der Waals surface area (Å²) in [5, 5.41) is 5.24. The zero-order valence-corrected chi connectivity index (χ0v) is 13.2. The summed E-state index contributed by atoms with van der Waals surface area (Å²) in [5.74, 6) is 0. The van der Waals surface area contributed by atoms with Crippen molar-refractivity contribution < 1.29 is 0 Å². The molecule has 120 valence electrons. The highest BCUT2D eigenvalue weighted by Crippen LogP contribution is 2.25. The lowest BCUT2D eigenvalue weighted by Gasteiger charge is -2.02. The molecule has 3 aromatic heterocycles. The molecular weight excluding hydrogens is 314 g/mol. The maximum atomic E-state index is 11.6. The molecule has 4 aromatic rings. The van der Waals surface area contributed by atoms with Crippen molar-refractivity contribution in [3.63, 3.8) is 0 Å². The minimum atomic E-state index is -0.172. The van der Waals surface area contributed by atoms with E-state index in [0.29, 0.717) is 17.8 Å². The molecule has 6 heteroatoms. The van der Waals surface area contributed by atoms with E-state index in [2.05, 4.69) is 38.3 Å². The van der Waals surface area contributed by atoms with E-state index < -0.39 is 0 Å². The number of nitrogens with one attached hydrogen (secondary N) is 1. The second kappa shape index (κ2) is 5.24. The van der Waals surface area contributed by atoms with Crippen LogP contribution in [0, 0.1) is 0 Å². The van der Waals surface area contributed by atoms with Crippen molar-refractivity contribution in [2.24, 2.45) is 4.99 Å². The molecule has 0 aliphatic carbocycles. The Morgan fingerprint density at radius 2 is 2.04 bits per heavy atom. The topological polar surface area (TPSA) is 75.4 Å². The number of H-pyrrole nitrogens is 1. The van der Waals surface area contributed by atoms with Gasteiger partial charge >= 0.3 is 0 Å². The van der Waals surface area contributed by atoms with Gasteiger partial charge in [-0.3, -0.25) is 9.79 Å². The first-order valence-corrected chi connectivity index (χ1v) is 7.95. The average molecular weight is 327 g/mol. The second-order valence-corrected chi connectivity index (χ2v) is 5.96. The number of hydrogen-bond acceptors (Lipinski definition) is 4. The number of hydrogen-bond donors (Lipinski definition) is 1. The fourth-order valence-corrected chi connectivity index (χ4v) is 3.09. The molecule has 0 unspecified atom stereocenters. The third kappa shape index (κ3) is 2.27. The Kier molecular flexibility index (Phi) is 2.90.